The Morgan fingerprint density at radius 2 is 2.00 bits per heavy atom. The van der Waals surface area contributed by atoms with Gasteiger partial charge >= 0.3 is 0 Å². The third-order valence-corrected chi connectivity index (χ3v) is 4.67. The Labute approximate surface area is 157 Å². The Morgan fingerprint density at radius 3 is 2.62 bits per heavy atom. The molecule has 0 aliphatic carbocycles. The second-order valence-electron chi connectivity index (χ2n) is 6.30. The molecule has 0 atom stereocenters. The van der Waals surface area contributed by atoms with Crippen LogP contribution in [0.15, 0.2) is 54.2 Å². The summed E-state index contributed by atoms with van der Waals surface area (Å²) >= 11 is 1.47. The number of hydrogen-bond donors (Lipinski definition) is 0. The Kier molecular flexibility index (Phi) is 5.63. The Morgan fingerprint density at radius 1 is 1.23 bits per heavy atom. The molecule has 6 heteroatoms. The minimum Gasteiger partial charge on any atom is -0.497 e. The van der Waals surface area contributed by atoms with Gasteiger partial charge in [0.05, 0.1) is 18.4 Å². The van der Waals surface area contributed by atoms with Crippen molar-refractivity contribution < 1.29 is 9.53 Å². The van der Waals surface area contributed by atoms with Crippen LogP contribution < -0.4 is 9.64 Å². The van der Waals surface area contributed by atoms with E-state index in [0.717, 1.165) is 17.0 Å². The largest absolute Gasteiger partial charge is 0.497 e. The number of carbonyl (C=O) groups excluding carboxylic acids is 1. The van der Waals surface area contributed by atoms with Gasteiger partial charge in [0.1, 0.15) is 5.75 Å². The van der Waals surface area contributed by atoms with Crippen molar-refractivity contribution >= 4 is 22.4 Å². The summed E-state index contributed by atoms with van der Waals surface area (Å²) in [6, 6.07) is 11.3. The number of hydrogen-bond acceptors (Lipinski definition) is 5. The predicted octanol–water partition coefficient (Wildman–Crippen LogP) is 4.52. The molecule has 1 amide bonds. The zero-order chi connectivity index (χ0) is 18.5. The highest BCUT2D eigenvalue weighted by Gasteiger charge is 2.22. The number of rotatable bonds is 6. The van der Waals surface area contributed by atoms with Crippen LogP contribution in [0.25, 0.3) is 11.3 Å². The summed E-state index contributed by atoms with van der Waals surface area (Å²) in [5.41, 5.74) is 2.40. The van der Waals surface area contributed by atoms with E-state index >= 15 is 0 Å². The van der Waals surface area contributed by atoms with Crippen LogP contribution in [0.5, 0.6) is 5.75 Å². The molecule has 2 aromatic heterocycles. The van der Waals surface area contributed by atoms with E-state index in [2.05, 4.69) is 18.8 Å². The van der Waals surface area contributed by atoms with Crippen LogP contribution in [0, 0.1) is 5.92 Å². The first-order chi connectivity index (χ1) is 12.6. The fourth-order valence-corrected chi connectivity index (χ4v) is 3.38. The minimum atomic E-state index is -0.0811. The van der Waals surface area contributed by atoms with Gasteiger partial charge in [0.25, 0.3) is 5.91 Å². The number of pyridine rings is 1. The van der Waals surface area contributed by atoms with Gasteiger partial charge in [-0.25, -0.2) is 4.98 Å². The number of methoxy groups -OCH3 is 1. The van der Waals surface area contributed by atoms with Gasteiger partial charge in [0, 0.05) is 29.9 Å². The van der Waals surface area contributed by atoms with Gasteiger partial charge in [0.2, 0.25) is 0 Å². The van der Waals surface area contributed by atoms with Crippen LogP contribution in [-0.2, 0) is 0 Å². The van der Waals surface area contributed by atoms with Crippen molar-refractivity contribution in [2.45, 2.75) is 13.8 Å². The average Bonchev–Trinajstić information content (AvgIpc) is 3.16. The fourth-order valence-electron chi connectivity index (χ4n) is 2.54. The quantitative estimate of drug-likeness (QED) is 0.643. The second-order valence-corrected chi connectivity index (χ2v) is 7.13. The molecule has 2 heterocycles. The molecule has 0 saturated carbocycles. The van der Waals surface area contributed by atoms with E-state index in [-0.39, 0.29) is 5.91 Å². The lowest BCUT2D eigenvalue weighted by Crippen LogP contribution is -2.34. The maximum atomic E-state index is 12.9. The van der Waals surface area contributed by atoms with E-state index in [4.69, 9.17) is 9.72 Å². The zero-order valence-corrected chi connectivity index (χ0v) is 15.9. The highest BCUT2D eigenvalue weighted by atomic mass is 32.1. The number of thiazole rings is 1. The Bertz CT molecular complexity index is 860. The summed E-state index contributed by atoms with van der Waals surface area (Å²) < 4.78 is 5.20. The van der Waals surface area contributed by atoms with Crippen LogP contribution in [-0.4, -0.2) is 29.5 Å². The maximum Gasteiger partial charge on any atom is 0.261 e. The third-order valence-electron chi connectivity index (χ3n) is 3.81. The lowest BCUT2D eigenvalue weighted by molar-refractivity contribution is 0.0983. The summed E-state index contributed by atoms with van der Waals surface area (Å²) in [5.74, 6) is 1.05. The molecule has 134 valence electrons. The first-order valence-electron chi connectivity index (χ1n) is 8.40. The van der Waals surface area contributed by atoms with Gasteiger partial charge in [-0.2, -0.15) is 0 Å². The first kappa shape index (κ1) is 18.1. The van der Waals surface area contributed by atoms with E-state index in [0.29, 0.717) is 23.2 Å². The van der Waals surface area contributed by atoms with E-state index in [1.165, 1.54) is 11.3 Å². The summed E-state index contributed by atoms with van der Waals surface area (Å²) in [7, 11) is 1.64. The third kappa shape index (κ3) is 4.08. The van der Waals surface area contributed by atoms with Gasteiger partial charge in [-0.15, -0.1) is 11.3 Å². The van der Waals surface area contributed by atoms with Crippen molar-refractivity contribution in [3.05, 3.63) is 59.7 Å². The molecule has 0 aliphatic heterocycles. The zero-order valence-electron chi connectivity index (χ0n) is 15.0. The standard InChI is InChI=1S/C20H21N3O2S/c1-14(2)12-23(19(24)16-5-4-10-21-11-16)20-22-18(13-26-20)15-6-8-17(25-3)9-7-15/h4-11,13-14H,12H2,1-3H3. The van der Waals surface area contributed by atoms with Crippen molar-refractivity contribution in [2.24, 2.45) is 5.92 Å². The molecule has 5 nitrogen and oxygen atoms in total. The fraction of sp³-hybridized carbons (Fsp3) is 0.250. The Hall–Kier alpha value is -2.73. The van der Waals surface area contributed by atoms with Gasteiger partial charge in [-0.3, -0.25) is 14.7 Å². The van der Waals surface area contributed by atoms with Crippen molar-refractivity contribution in [3.8, 4) is 17.0 Å². The molecule has 0 radical (unpaired) electrons. The molecule has 0 N–H and O–H groups in total. The van der Waals surface area contributed by atoms with E-state index in [1.54, 1.807) is 36.5 Å². The topological polar surface area (TPSA) is 55.3 Å². The van der Waals surface area contributed by atoms with Crippen LogP contribution >= 0.6 is 11.3 Å². The molecule has 3 rings (SSSR count). The van der Waals surface area contributed by atoms with Crippen molar-refractivity contribution in [3.63, 3.8) is 0 Å². The van der Waals surface area contributed by atoms with Gasteiger partial charge < -0.3 is 4.74 Å². The first-order valence-corrected chi connectivity index (χ1v) is 9.28. The molecular formula is C20H21N3O2S. The summed E-state index contributed by atoms with van der Waals surface area (Å²) in [6.07, 6.45) is 3.25. The normalized spacial score (nSPS) is 10.8. The summed E-state index contributed by atoms with van der Waals surface area (Å²) in [4.78, 5) is 23.4. The summed E-state index contributed by atoms with van der Waals surface area (Å²) in [6.45, 7) is 4.77. The molecule has 0 spiro atoms. The SMILES string of the molecule is COc1ccc(-c2csc(N(CC(C)C)C(=O)c3cccnc3)n2)cc1. The number of anilines is 1. The van der Waals surface area contributed by atoms with E-state index < -0.39 is 0 Å². The molecule has 0 saturated heterocycles. The van der Waals surface area contributed by atoms with Crippen molar-refractivity contribution in [1.29, 1.82) is 0 Å². The van der Waals surface area contributed by atoms with Crippen LogP contribution in [0.2, 0.25) is 0 Å². The monoisotopic (exact) mass is 367 g/mol. The maximum absolute atomic E-state index is 12.9. The van der Waals surface area contributed by atoms with Crippen molar-refractivity contribution in [1.82, 2.24) is 9.97 Å². The number of aromatic nitrogens is 2. The van der Waals surface area contributed by atoms with E-state index in [1.807, 2.05) is 29.6 Å². The average molecular weight is 367 g/mol. The van der Waals surface area contributed by atoms with Gasteiger partial charge in [-0.1, -0.05) is 13.8 Å². The van der Waals surface area contributed by atoms with Crippen LogP contribution in [0.1, 0.15) is 24.2 Å². The number of carbonyl (C=O) groups is 1. The Balaban J connectivity index is 1.90. The highest BCUT2D eigenvalue weighted by molar-refractivity contribution is 7.14. The number of amides is 1. The molecule has 0 bridgehead atoms. The molecule has 0 aliphatic rings. The molecule has 0 fully saturated rings. The van der Waals surface area contributed by atoms with Crippen LogP contribution in [0.3, 0.4) is 0 Å². The minimum absolute atomic E-state index is 0.0811. The van der Waals surface area contributed by atoms with E-state index in [9.17, 15) is 4.79 Å². The molecule has 3 aromatic rings. The number of ether oxygens (including phenoxy) is 1. The predicted molar refractivity (Wildman–Crippen MR) is 105 cm³/mol. The molecule has 1 aromatic carbocycles. The number of benzene rings is 1. The van der Waals surface area contributed by atoms with Crippen LogP contribution in [0.4, 0.5) is 5.13 Å². The van der Waals surface area contributed by atoms with Crippen molar-refractivity contribution in [2.75, 3.05) is 18.6 Å². The second kappa shape index (κ2) is 8.10. The lowest BCUT2D eigenvalue weighted by atomic mass is 10.1. The highest BCUT2D eigenvalue weighted by Crippen LogP contribution is 2.30. The van der Waals surface area contributed by atoms with Gasteiger partial charge in [0.15, 0.2) is 5.13 Å². The lowest BCUT2D eigenvalue weighted by Gasteiger charge is -2.21. The molecule has 0 unspecified atom stereocenters. The smallest absolute Gasteiger partial charge is 0.261 e. The van der Waals surface area contributed by atoms with Gasteiger partial charge in [-0.05, 0) is 42.3 Å². The molecule has 26 heavy (non-hydrogen) atoms. The number of nitrogens with zero attached hydrogens (tertiary/aromatic N) is 3. The molecular weight excluding hydrogens is 346 g/mol. The summed E-state index contributed by atoms with van der Waals surface area (Å²) in [5, 5.41) is 2.67.